The van der Waals surface area contributed by atoms with Crippen molar-refractivity contribution in [3.05, 3.63) is 46.7 Å². The summed E-state index contributed by atoms with van der Waals surface area (Å²) in [5, 5.41) is 1.50. The first kappa shape index (κ1) is 20.3. The number of nitrogens with one attached hydrogen (secondary N) is 2. The van der Waals surface area contributed by atoms with Crippen LogP contribution < -0.4 is 10.0 Å². The molecule has 1 aromatic heterocycles. The third-order valence-corrected chi connectivity index (χ3v) is 5.32. The topological polar surface area (TPSA) is 80.2 Å². The lowest BCUT2D eigenvalue weighted by molar-refractivity contribution is 0.101. The number of amides is 1. The summed E-state index contributed by atoms with van der Waals surface area (Å²) in [7, 11) is -2.37. The summed E-state index contributed by atoms with van der Waals surface area (Å²) < 4.78 is 55.6. The first-order valence-electron chi connectivity index (χ1n) is 7.47. The Hall–Kier alpha value is -1.97. The normalized spacial score (nSPS) is 12.3. The van der Waals surface area contributed by atoms with Gasteiger partial charge < -0.3 is 9.88 Å². The predicted molar refractivity (Wildman–Crippen MR) is 94.8 cm³/mol. The van der Waals surface area contributed by atoms with Crippen LogP contribution >= 0.6 is 11.6 Å². The average molecular weight is 406 g/mol. The molecule has 0 saturated heterocycles. The van der Waals surface area contributed by atoms with E-state index in [9.17, 15) is 22.0 Å². The van der Waals surface area contributed by atoms with E-state index in [0.29, 0.717) is 0 Å². The maximum absolute atomic E-state index is 13.9. The van der Waals surface area contributed by atoms with E-state index < -0.39 is 38.1 Å². The molecule has 1 heterocycles. The quantitative estimate of drug-likeness (QED) is 0.766. The Labute approximate surface area is 155 Å². The number of aryl methyl sites for hydroxylation is 1. The summed E-state index contributed by atoms with van der Waals surface area (Å²) in [6.07, 6.45) is 1.26. The molecule has 2 N–H and O–H groups in total. The molecule has 0 bridgehead atoms. The van der Waals surface area contributed by atoms with Crippen LogP contribution in [-0.4, -0.2) is 24.4 Å². The molecule has 0 saturated carbocycles. The highest BCUT2D eigenvalue weighted by molar-refractivity contribution is 7.89. The van der Waals surface area contributed by atoms with Crippen molar-refractivity contribution in [1.82, 2.24) is 9.29 Å². The molecule has 10 heteroatoms. The summed E-state index contributed by atoms with van der Waals surface area (Å²) >= 11 is 5.47. The molecule has 0 atom stereocenters. The van der Waals surface area contributed by atoms with Gasteiger partial charge in [0.2, 0.25) is 10.0 Å². The molecule has 1 amide bonds. The van der Waals surface area contributed by atoms with Gasteiger partial charge in [-0.15, -0.1) is 0 Å². The standard InChI is InChI=1S/C16H18ClF2N3O3S/c1-16(2,3)21-26(24,25)9-7-12(22(4)8-9)15(23)20-11-6-5-10(18)13(17)14(11)19/h5-8,21H,1-4H3,(H,20,23). The Morgan fingerprint density at radius 3 is 2.42 bits per heavy atom. The van der Waals surface area contributed by atoms with Gasteiger partial charge in [-0.05, 0) is 39.0 Å². The minimum atomic E-state index is -3.84. The molecular weight excluding hydrogens is 388 g/mol. The lowest BCUT2D eigenvalue weighted by atomic mass is 10.1. The molecule has 0 aliphatic heterocycles. The molecule has 6 nitrogen and oxygen atoms in total. The molecule has 0 radical (unpaired) electrons. The summed E-state index contributed by atoms with van der Waals surface area (Å²) in [5.74, 6) is -2.84. The van der Waals surface area contributed by atoms with Crippen molar-refractivity contribution in [3.8, 4) is 0 Å². The van der Waals surface area contributed by atoms with E-state index in [1.54, 1.807) is 20.8 Å². The Kier molecular flexibility index (Phi) is 5.46. The SMILES string of the molecule is Cn1cc(S(=O)(=O)NC(C)(C)C)cc1C(=O)Nc1ccc(F)c(Cl)c1F. The van der Waals surface area contributed by atoms with Crippen molar-refractivity contribution < 1.29 is 22.0 Å². The van der Waals surface area contributed by atoms with E-state index in [2.05, 4.69) is 10.0 Å². The number of carbonyl (C=O) groups is 1. The van der Waals surface area contributed by atoms with Gasteiger partial charge in [-0.1, -0.05) is 11.6 Å². The van der Waals surface area contributed by atoms with Crippen LogP contribution in [0.5, 0.6) is 0 Å². The number of carbonyl (C=O) groups excluding carboxylic acids is 1. The van der Waals surface area contributed by atoms with E-state index in [-0.39, 0.29) is 16.3 Å². The molecule has 0 aliphatic rings. The summed E-state index contributed by atoms with van der Waals surface area (Å²) in [6, 6.07) is 3.10. The van der Waals surface area contributed by atoms with Crippen LogP contribution in [-0.2, 0) is 17.1 Å². The zero-order chi connectivity index (χ0) is 19.9. The Balaban J connectivity index is 2.32. The van der Waals surface area contributed by atoms with Gasteiger partial charge in [-0.2, -0.15) is 0 Å². The number of sulfonamides is 1. The molecular formula is C16H18ClF2N3O3S. The van der Waals surface area contributed by atoms with Gasteiger partial charge >= 0.3 is 0 Å². The fourth-order valence-electron chi connectivity index (χ4n) is 2.18. The van der Waals surface area contributed by atoms with E-state index in [0.717, 1.165) is 18.2 Å². The van der Waals surface area contributed by atoms with Gasteiger partial charge in [0.15, 0.2) is 5.82 Å². The summed E-state index contributed by atoms with van der Waals surface area (Å²) in [6.45, 7) is 5.05. The van der Waals surface area contributed by atoms with Crippen molar-refractivity contribution in [2.75, 3.05) is 5.32 Å². The highest BCUT2D eigenvalue weighted by Crippen LogP contribution is 2.26. The van der Waals surface area contributed by atoms with Crippen LogP contribution in [0.3, 0.4) is 0 Å². The molecule has 142 valence electrons. The number of rotatable bonds is 4. The number of nitrogens with zero attached hydrogens (tertiary/aromatic N) is 1. The molecule has 2 rings (SSSR count). The largest absolute Gasteiger partial charge is 0.345 e. The van der Waals surface area contributed by atoms with Crippen LogP contribution in [0.2, 0.25) is 5.02 Å². The van der Waals surface area contributed by atoms with Gasteiger partial charge in [0, 0.05) is 18.8 Å². The highest BCUT2D eigenvalue weighted by Gasteiger charge is 2.25. The van der Waals surface area contributed by atoms with Crippen molar-refractivity contribution in [1.29, 1.82) is 0 Å². The Bertz CT molecular complexity index is 966. The number of benzene rings is 1. The van der Waals surface area contributed by atoms with Gasteiger partial charge in [-0.3, -0.25) is 4.79 Å². The molecule has 0 spiro atoms. The van der Waals surface area contributed by atoms with Crippen LogP contribution in [0.4, 0.5) is 14.5 Å². The number of aromatic nitrogens is 1. The van der Waals surface area contributed by atoms with Gasteiger partial charge in [0.05, 0.1) is 5.69 Å². The fraction of sp³-hybridized carbons (Fsp3) is 0.312. The number of hydrogen-bond acceptors (Lipinski definition) is 3. The number of anilines is 1. The monoisotopic (exact) mass is 405 g/mol. The number of halogens is 3. The molecule has 0 aliphatic carbocycles. The third-order valence-electron chi connectivity index (χ3n) is 3.25. The first-order chi connectivity index (χ1) is 11.8. The second-order valence-corrected chi connectivity index (χ2v) is 8.76. The zero-order valence-corrected chi connectivity index (χ0v) is 16.1. The minimum Gasteiger partial charge on any atom is -0.345 e. The molecule has 2 aromatic rings. The van der Waals surface area contributed by atoms with Crippen molar-refractivity contribution >= 4 is 33.2 Å². The zero-order valence-electron chi connectivity index (χ0n) is 14.5. The molecule has 0 unspecified atom stereocenters. The molecule has 1 aromatic carbocycles. The Morgan fingerprint density at radius 2 is 1.85 bits per heavy atom. The van der Waals surface area contributed by atoms with Crippen LogP contribution in [0.25, 0.3) is 0 Å². The van der Waals surface area contributed by atoms with Gasteiger partial charge in [-0.25, -0.2) is 21.9 Å². The maximum Gasteiger partial charge on any atom is 0.272 e. The predicted octanol–water partition coefficient (Wildman–Crippen LogP) is 3.29. The lowest BCUT2D eigenvalue weighted by Crippen LogP contribution is -2.40. The van der Waals surface area contributed by atoms with E-state index >= 15 is 0 Å². The summed E-state index contributed by atoms with van der Waals surface area (Å²) in [4.78, 5) is 12.2. The third kappa shape index (κ3) is 4.40. The lowest BCUT2D eigenvalue weighted by Gasteiger charge is -2.19. The van der Waals surface area contributed by atoms with E-state index in [1.165, 1.54) is 17.8 Å². The molecule has 0 fully saturated rings. The van der Waals surface area contributed by atoms with Crippen molar-refractivity contribution in [3.63, 3.8) is 0 Å². The van der Waals surface area contributed by atoms with Crippen molar-refractivity contribution in [2.45, 2.75) is 31.2 Å². The second kappa shape index (κ2) is 6.98. The van der Waals surface area contributed by atoms with Crippen LogP contribution in [0.1, 0.15) is 31.3 Å². The van der Waals surface area contributed by atoms with Gasteiger partial charge in [0.1, 0.15) is 21.4 Å². The number of hydrogen-bond donors (Lipinski definition) is 2. The van der Waals surface area contributed by atoms with E-state index in [4.69, 9.17) is 11.6 Å². The van der Waals surface area contributed by atoms with Crippen LogP contribution in [0, 0.1) is 11.6 Å². The van der Waals surface area contributed by atoms with Gasteiger partial charge in [0.25, 0.3) is 5.91 Å². The highest BCUT2D eigenvalue weighted by atomic mass is 35.5. The maximum atomic E-state index is 13.9. The van der Waals surface area contributed by atoms with E-state index in [1.807, 2.05) is 0 Å². The van der Waals surface area contributed by atoms with Crippen molar-refractivity contribution in [2.24, 2.45) is 7.05 Å². The average Bonchev–Trinajstić information content (AvgIpc) is 2.88. The smallest absolute Gasteiger partial charge is 0.272 e. The Morgan fingerprint density at radius 1 is 1.23 bits per heavy atom. The molecule has 26 heavy (non-hydrogen) atoms. The first-order valence-corrected chi connectivity index (χ1v) is 9.33. The van der Waals surface area contributed by atoms with Crippen LogP contribution in [0.15, 0.2) is 29.3 Å². The fourth-order valence-corrected chi connectivity index (χ4v) is 3.83. The minimum absolute atomic E-state index is 0.0286. The summed E-state index contributed by atoms with van der Waals surface area (Å²) in [5.41, 5.74) is -1.05. The second-order valence-electron chi connectivity index (χ2n) is 6.70.